The summed E-state index contributed by atoms with van der Waals surface area (Å²) in [6.07, 6.45) is 0. The lowest BCUT2D eigenvalue weighted by Gasteiger charge is -2.42. The van der Waals surface area contributed by atoms with Crippen LogP contribution in [0.5, 0.6) is 23.0 Å². The van der Waals surface area contributed by atoms with Crippen molar-refractivity contribution in [3.63, 3.8) is 0 Å². The minimum absolute atomic E-state index is 0.535. The molecule has 0 fully saturated rings. The third kappa shape index (κ3) is 8.46. The fraction of sp³-hybridized carbons (Fsp3) is 0.0227. The maximum Gasteiger partial charge on any atom is 0.180 e. The van der Waals surface area contributed by atoms with E-state index in [0.717, 1.165) is 144 Å². The number of para-hydroxylation sites is 4. The van der Waals surface area contributed by atoms with Crippen molar-refractivity contribution in [3.05, 3.63) is 372 Å². The Morgan fingerprint density at radius 2 is 0.758 bits per heavy atom. The predicted octanol–water partition coefficient (Wildman–Crippen LogP) is 21.9. The van der Waals surface area contributed by atoms with Gasteiger partial charge in [0.25, 0.3) is 0 Å². The molecule has 0 saturated heterocycles. The van der Waals surface area contributed by atoms with Crippen molar-refractivity contribution in [1.29, 1.82) is 0 Å². The van der Waals surface area contributed by atoms with E-state index in [-0.39, 0.29) is 0 Å². The normalized spacial score (nSPS) is 13.4. The van der Waals surface area contributed by atoms with Crippen LogP contribution < -0.4 is 9.47 Å². The molecule has 0 N–H and O–H groups in total. The molecule has 5 heterocycles. The van der Waals surface area contributed by atoms with Gasteiger partial charge in [-0.2, -0.15) is 0 Å². The fourth-order valence-electron chi connectivity index (χ4n) is 15.2. The summed E-state index contributed by atoms with van der Waals surface area (Å²) in [5.74, 6) is 4.28. The zero-order valence-corrected chi connectivity index (χ0v) is 51.2. The van der Waals surface area contributed by atoms with Gasteiger partial charge in [0, 0.05) is 49.7 Å². The molecule has 444 valence electrons. The van der Waals surface area contributed by atoms with Gasteiger partial charge in [-0.3, -0.25) is 0 Å². The highest BCUT2D eigenvalue weighted by Gasteiger charge is 2.47. The highest BCUT2D eigenvalue weighted by molar-refractivity contribution is 6.09. The second kappa shape index (κ2) is 21.5. The molecular formula is C88H54N4O3. The van der Waals surface area contributed by atoms with Crippen molar-refractivity contribution in [2.45, 2.75) is 10.8 Å². The van der Waals surface area contributed by atoms with Gasteiger partial charge in [-0.1, -0.05) is 255 Å². The Morgan fingerprint density at radius 1 is 0.274 bits per heavy atom. The molecule has 0 bridgehead atoms. The summed E-state index contributed by atoms with van der Waals surface area (Å²) in [7, 11) is 0. The van der Waals surface area contributed by atoms with Crippen LogP contribution in [0.4, 0.5) is 0 Å². The number of furan rings is 1. The van der Waals surface area contributed by atoms with Gasteiger partial charge in [0.05, 0.1) is 27.6 Å². The van der Waals surface area contributed by atoms with Crippen molar-refractivity contribution in [3.8, 4) is 79.4 Å². The molecule has 0 unspecified atom stereocenters. The number of fused-ring (bicyclic) bond motifs is 10. The number of benzene rings is 14. The first-order chi connectivity index (χ1) is 47.0. The van der Waals surface area contributed by atoms with Crippen molar-refractivity contribution in [1.82, 2.24) is 19.9 Å². The van der Waals surface area contributed by atoms with Gasteiger partial charge in [-0.05, 0) is 128 Å². The molecule has 0 radical (unpaired) electrons. The summed E-state index contributed by atoms with van der Waals surface area (Å²) in [4.78, 5) is 21.8. The van der Waals surface area contributed by atoms with Crippen LogP contribution in [0.3, 0.4) is 0 Å². The molecule has 2 aliphatic heterocycles. The minimum Gasteiger partial charge on any atom is -0.457 e. The van der Waals surface area contributed by atoms with Crippen LogP contribution in [-0.4, -0.2) is 19.9 Å². The maximum absolute atomic E-state index is 7.15. The fourth-order valence-corrected chi connectivity index (χ4v) is 15.2. The van der Waals surface area contributed by atoms with E-state index in [1.807, 2.05) is 18.2 Å². The van der Waals surface area contributed by atoms with E-state index < -0.39 is 10.8 Å². The average Bonchev–Trinajstić information content (AvgIpc) is 1.03. The predicted molar refractivity (Wildman–Crippen MR) is 381 cm³/mol. The number of aromatic nitrogens is 4. The van der Waals surface area contributed by atoms with Gasteiger partial charge < -0.3 is 13.9 Å². The van der Waals surface area contributed by atoms with Crippen LogP contribution in [0, 0.1) is 0 Å². The molecule has 0 aliphatic carbocycles. The van der Waals surface area contributed by atoms with E-state index >= 15 is 0 Å². The van der Waals surface area contributed by atoms with E-state index in [0.29, 0.717) is 34.3 Å². The van der Waals surface area contributed by atoms with Crippen molar-refractivity contribution < 1.29 is 13.9 Å². The minimum atomic E-state index is -0.718. The highest BCUT2D eigenvalue weighted by Crippen LogP contribution is 2.59. The molecule has 17 aromatic rings. The van der Waals surface area contributed by atoms with Gasteiger partial charge in [-0.15, -0.1) is 0 Å². The van der Waals surface area contributed by atoms with E-state index in [2.05, 4.69) is 309 Å². The standard InChI is InChI=1S/C88H54N4O3/c1-5-24-64(25-6-1)87(65-26-7-2-8-27-65)72-35-17-20-39-77(72)94-83-70(33-21-36-73(83)87)86-91-81(62-44-40-55-22-13-14-23-56(55)51-62)84-82(92-86)69-48-46-60(54-79(69)95-84)58-41-42-59-52-61(45-43-57(59)50-58)80-68-32-15-18-37-75(68)89-85(90-80)63-47-49-78-74(53-63)88(66-28-9-3-10-29-66,67-30-11-4-12-31-67)71-34-16-19-38-76(71)93-78/h1-54H. The summed E-state index contributed by atoms with van der Waals surface area (Å²) in [5.41, 5.74) is 17.4. The van der Waals surface area contributed by atoms with Crippen LogP contribution in [0.1, 0.15) is 44.5 Å². The summed E-state index contributed by atoms with van der Waals surface area (Å²) in [5, 5.41) is 6.28. The third-order valence-electron chi connectivity index (χ3n) is 19.5. The molecule has 95 heavy (non-hydrogen) atoms. The Labute approximate surface area is 547 Å². The zero-order chi connectivity index (χ0) is 62.6. The Kier molecular flexibility index (Phi) is 12.3. The average molecular weight is 1220 g/mol. The number of hydrogen-bond donors (Lipinski definition) is 0. The van der Waals surface area contributed by atoms with E-state index in [4.69, 9.17) is 33.8 Å². The zero-order valence-electron chi connectivity index (χ0n) is 51.2. The first-order valence-electron chi connectivity index (χ1n) is 32.1. The van der Waals surface area contributed by atoms with Gasteiger partial charge >= 0.3 is 0 Å². The lowest BCUT2D eigenvalue weighted by molar-refractivity contribution is 0.434. The lowest BCUT2D eigenvalue weighted by Crippen LogP contribution is -2.34. The quantitative estimate of drug-likeness (QED) is 0.142. The molecular weight excluding hydrogens is 1160 g/mol. The number of nitrogens with zero attached hydrogens (tertiary/aromatic N) is 4. The Hall–Kier alpha value is -12.6. The van der Waals surface area contributed by atoms with Crippen molar-refractivity contribution in [2.75, 3.05) is 0 Å². The molecule has 0 atom stereocenters. The van der Waals surface area contributed by atoms with Crippen LogP contribution in [0.25, 0.3) is 111 Å². The molecule has 19 rings (SSSR count). The number of hydrogen-bond acceptors (Lipinski definition) is 7. The van der Waals surface area contributed by atoms with Crippen LogP contribution in [-0.2, 0) is 10.8 Å². The molecule has 0 amide bonds. The second-order valence-electron chi connectivity index (χ2n) is 24.7. The van der Waals surface area contributed by atoms with Crippen LogP contribution in [0.15, 0.2) is 332 Å². The van der Waals surface area contributed by atoms with Gasteiger partial charge in [0.2, 0.25) is 0 Å². The third-order valence-corrected chi connectivity index (χ3v) is 19.5. The highest BCUT2D eigenvalue weighted by atomic mass is 16.5. The molecule has 0 spiro atoms. The first kappa shape index (κ1) is 54.2. The van der Waals surface area contributed by atoms with Crippen molar-refractivity contribution >= 4 is 54.5 Å². The lowest BCUT2D eigenvalue weighted by atomic mass is 9.63. The second-order valence-corrected chi connectivity index (χ2v) is 24.7. The Bertz CT molecular complexity index is 5850. The maximum atomic E-state index is 7.15. The topological polar surface area (TPSA) is 83.2 Å². The number of ether oxygens (including phenoxy) is 2. The molecule has 0 saturated carbocycles. The monoisotopic (exact) mass is 1210 g/mol. The van der Waals surface area contributed by atoms with Crippen LogP contribution >= 0.6 is 0 Å². The molecule has 7 nitrogen and oxygen atoms in total. The van der Waals surface area contributed by atoms with Crippen molar-refractivity contribution in [2.24, 2.45) is 0 Å². The summed E-state index contributed by atoms with van der Waals surface area (Å²) in [6, 6.07) is 116. The van der Waals surface area contributed by atoms with Gasteiger partial charge in [0.1, 0.15) is 39.8 Å². The SMILES string of the molecule is c1ccc(C2(c3ccccc3)c3ccccc3Oc3ccc(-c4nc(-c5ccc6cc(-c7ccc8c(c7)oc7c(-c9ccc%10ccccc%10c9)nc(-c9cccc%10c9Oc9ccccc9C%10(c9ccccc9)c9ccccc9)nc78)ccc6c5)c5ccccc5n4)cc32)cc1. The van der Waals surface area contributed by atoms with Gasteiger partial charge in [0.15, 0.2) is 17.2 Å². The Morgan fingerprint density at radius 3 is 1.44 bits per heavy atom. The summed E-state index contributed by atoms with van der Waals surface area (Å²) < 4.78 is 21.0. The Balaban J connectivity index is 0.718. The molecule has 3 aromatic heterocycles. The molecule has 7 heteroatoms. The van der Waals surface area contributed by atoms with E-state index in [1.54, 1.807) is 0 Å². The van der Waals surface area contributed by atoms with E-state index in [1.165, 1.54) is 0 Å². The summed E-state index contributed by atoms with van der Waals surface area (Å²) in [6.45, 7) is 0. The molecule has 2 aliphatic rings. The van der Waals surface area contributed by atoms with Crippen LogP contribution in [0.2, 0.25) is 0 Å². The molecule has 14 aromatic carbocycles. The number of rotatable bonds is 9. The largest absolute Gasteiger partial charge is 0.457 e. The summed E-state index contributed by atoms with van der Waals surface area (Å²) >= 11 is 0. The van der Waals surface area contributed by atoms with E-state index in [9.17, 15) is 0 Å². The smallest absolute Gasteiger partial charge is 0.180 e. The van der Waals surface area contributed by atoms with Gasteiger partial charge in [-0.25, -0.2) is 19.9 Å². The first-order valence-corrected chi connectivity index (χ1v) is 32.1.